The van der Waals surface area contributed by atoms with Crippen molar-refractivity contribution in [3.05, 3.63) is 23.8 Å². The van der Waals surface area contributed by atoms with Gasteiger partial charge in [-0.2, -0.15) is 5.26 Å². The number of hydrogen-bond donors (Lipinski definition) is 1. The fourth-order valence-electron chi connectivity index (χ4n) is 3.07. The quantitative estimate of drug-likeness (QED) is 0.673. The second kappa shape index (κ2) is 9.43. The van der Waals surface area contributed by atoms with Gasteiger partial charge in [0.1, 0.15) is 17.4 Å². The summed E-state index contributed by atoms with van der Waals surface area (Å²) in [6, 6.07) is 7.35. The minimum absolute atomic E-state index is 0.144. The third kappa shape index (κ3) is 4.96. The normalized spacial score (nSPS) is 15.6. The molecule has 136 valence electrons. The molecule has 1 aromatic rings. The van der Waals surface area contributed by atoms with E-state index < -0.39 is 5.60 Å². The Morgan fingerprint density at radius 1 is 1.24 bits per heavy atom. The third-order valence-electron chi connectivity index (χ3n) is 4.53. The summed E-state index contributed by atoms with van der Waals surface area (Å²) in [5.74, 6) is 0.510. The Morgan fingerprint density at radius 3 is 2.64 bits per heavy atom. The first-order valence-corrected chi connectivity index (χ1v) is 9.27. The molecule has 0 atom stereocenters. The molecule has 1 aliphatic carbocycles. The first-order valence-electron chi connectivity index (χ1n) is 9.27. The van der Waals surface area contributed by atoms with Gasteiger partial charge < -0.3 is 14.8 Å². The van der Waals surface area contributed by atoms with Gasteiger partial charge in [0.25, 0.3) is 5.91 Å². The molecule has 1 aliphatic rings. The van der Waals surface area contributed by atoms with Crippen LogP contribution in [0.1, 0.15) is 64.4 Å². The number of nitrogens with one attached hydrogen (secondary N) is 1. The Balaban J connectivity index is 2.10. The van der Waals surface area contributed by atoms with Crippen LogP contribution < -0.4 is 10.1 Å². The molecule has 0 unspecified atom stereocenters. The van der Waals surface area contributed by atoms with Gasteiger partial charge in [0.05, 0.1) is 17.9 Å². The number of unbranched alkanes of at least 4 members (excludes halogenated alkanes) is 1. The van der Waals surface area contributed by atoms with Crippen LogP contribution in [0.5, 0.6) is 5.75 Å². The van der Waals surface area contributed by atoms with Crippen LogP contribution >= 0.6 is 0 Å². The van der Waals surface area contributed by atoms with Crippen LogP contribution in [0.2, 0.25) is 0 Å². The average molecular weight is 344 g/mol. The van der Waals surface area contributed by atoms with Crippen LogP contribution in [0.25, 0.3) is 0 Å². The summed E-state index contributed by atoms with van der Waals surface area (Å²) < 4.78 is 11.5. The van der Waals surface area contributed by atoms with Crippen molar-refractivity contribution >= 4 is 11.6 Å². The van der Waals surface area contributed by atoms with Crippen LogP contribution in [-0.2, 0) is 9.53 Å². The zero-order valence-corrected chi connectivity index (χ0v) is 15.3. The lowest BCUT2D eigenvalue weighted by Gasteiger charge is -2.28. The van der Waals surface area contributed by atoms with E-state index in [1.807, 2.05) is 6.92 Å². The van der Waals surface area contributed by atoms with Gasteiger partial charge >= 0.3 is 0 Å². The van der Waals surface area contributed by atoms with Crippen LogP contribution in [-0.4, -0.2) is 24.7 Å². The van der Waals surface area contributed by atoms with E-state index in [2.05, 4.69) is 18.3 Å². The van der Waals surface area contributed by atoms with Crippen LogP contribution in [0.4, 0.5) is 5.69 Å². The molecule has 0 aromatic heterocycles. The molecular formula is C20H28N2O3. The number of rotatable bonds is 9. The van der Waals surface area contributed by atoms with Crippen molar-refractivity contribution in [3.63, 3.8) is 0 Å². The molecule has 2 rings (SSSR count). The molecular weight excluding hydrogens is 316 g/mol. The molecule has 0 radical (unpaired) electrons. The fourth-order valence-corrected chi connectivity index (χ4v) is 3.07. The Bertz CT molecular complexity index is 616. The van der Waals surface area contributed by atoms with E-state index >= 15 is 0 Å². The predicted octanol–water partition coefficient (Wildman–Crippen LogP) is 4.42. The van der Waals surface area contributed by atoms with Gasteiger partial charge in [-0.15, -0.1) is 0 Å². The van der Waals surface area contributed by atoms with E-state index in [1.165, 1.54) is 0 Å². The number of hydrogen-bond acceptors (Lipinski definition) is 4. The summed E-state index contributed by atoms with van der Waals surface area (Å²) in [6.07, 6.45) is 6.36. The lowest BCUT2D eigenvalue weighted by Crippen LogP contribution is -2.43. The second-order valence-corrected chi connectivity index (χ2v) is 6.53. The second-order valence-electron chi connectivity index (χ2n) is 6.53. The molecule has 1 aromatic carbocycles. The van der Waals surface area contributed by atoms with Crippen molar-refractivity contribution in [3.8, 4) is 11.8 Å². The van der Waals surface area contributed by atoms with E-state index in [1.54, 1.807) is 18.2 Å². The van der Waals surface area contributed by atoms with E-state index in [4.69, 9.17) is 9.47 Å². The Hall–Kier alpha value is -2.06. The Morgan fingerprint density at radius 2 is 2.00 bits per heavy atom. The maximum atomic E-state index is 12.8. The first kappa shape index (κ1) is 19.3. The molecule has 0 heterocycles. The summed E-state index contributed by atoms with van der Waals surface area (Å²) in [4.78, 5) is 12.8. The van der Waals surface area contributed by atoms with E-state index in [-0.39, 0.29) is 5.91 Å². The molecule has 1 amide bonds. The van der Waals surface area contributed by atoms with E-state index in [0.717, 1.165) is 44.9 Å². The number of nitrogens with zero attached hydrogens (tertiary/aromatic N) is 1. The molecule has 1 saturated carbocycles. The molecule has 0 saturated heterocycles. The smallest absolute Gasteiger partial charge is 0.256 e. The summed E-state index contributed by atoms with van der Waals surface area (Å²) >= 11 is 0. The van der Waals surface area contributed by atoms with Crippen LogP contribution in [0.15, 0.2) is 18.2 Å². The number of carbonyl (C=O) groups is 1. The molecule has 1 N–H and O–H groups in total. The van der Waals surface area contributed by atoms with Crippen LogP contribution in [0.3, 0.4) is 0 Å². The van der Waals surface area contributed by atoms with Crippen molar-refractivity contribution < 1.29 is 14.3 Å². The van der Waals surface area contributed by atoms with Gasteiger partial charge in [0, 0.05) is 6.61 Å². The van der Waals surface area contributed by atoms with Crippen molar-refractivity contribution in [2.75, 3.05) is 18.5 Å². The van der Waals surface area contributed by atoms with Crippen LogP contribution in [0, 0.1) is 11.3 Å². The zero-order valence-electron chi connectivity index (χ0n) is 15.3. The Labute approximate surface area is 150 Å². The third-order valence-corrected chi connectivity index (χ3v) is 4.53. The number of ether oxygens (including phenoxy) is 2. The maximum Gasteiger partial charge on any atom is 0.256 e. The van der Waals surface area contributed by atoms with Gasteiger partial charge in [-0.1, -0.05) is 20.3 Å². The molecule has 25 heavy (non-hydrogen) atoms. The van der Waals surface area contributed by atoms with Gasteiger partial charge in [0.2, 0.25) is 0 Å². The molecule has 5 nitrogen and oxygen atoms in total. The maximum absolute atomic E-state index is 12.8. The standard InChI is InChI=1S/C20H28N2O3/c1-3-5-13-24-17-8-9-18(16(14-17)15-21)22-19(23)20(25-12-4-2)10-6-7-11-20/h8-9,14H,3-7,10-13H2,1-2H3,(H,22,23). The monoisotopic (exact) mass is 344 g/mol. The fraction of sp³-hybridized carbons (Fsp3) is 0.600. The van der Waals surface area contributed by atoms with Crippen molar-refractivity contribution in [2.24, 2.45) is 0 Å². The minimum atomic E-state index is -0.751. The summed E-state index contributed by atoms with van der Waals surface area (Å²) in [6.45, 7) is 5.33. The van der Waals surface area contributed by atoms with Gasteiger partial charge in [-0.25, -0.2) is 0 Å². The average Bonchev–Trinajstić information content (AvgIpc) is 3.11. The molecule has 1 fully saturated rings. The molecule has 5 heteroatoms. The van der Waals surface area contributed by atoms with Crippen molar-refractivity contribution in [1.29, 1.82) is 5.26 Å². The molecule has 0 aliphatic heterocycles. The molecule has 0 bridgehead atoms. The van der Waals surface area contributed by atoms with Gasteiger partial charge in [0.15, 0.2) is 0 Å². The van der Waals surface area contributed by atoms with Crippen molar-refractivity contribution in [2.45, 2.75) is 64.4 Å². The highest BCUT2D eigenvalue weighted by Crippen LogP contribution is 2.35. The lowest BCUT2D eigenvalue weighted by atomic mass is 10.00. The highest BCUT2D eigenvalue weighted by Gasteiger charge is 2.42. The number of benzene rings is 1. The SMILES string of the molecule is CCCCOc1ccc(NC(=O)C2(OCCC)CCCC2)c(C#N)c1. The lowest BCUT2D eigenvalue weighted by molar-refractivity contribution is -0.140. The zero-order chi connectivity index (χ0) is 18.1. The highest BCUT2D eigenvalue weighted by molar-refractivity contribution is 5.98. The van der Waals surface area contributed by atoms with E-state index in [9.17, 15) is 10.1 Å². The highest BCUT2D eigenvalue weighted by atomic mass is 16.5. The largest absolute Gasteiger partial charge is 0.494 e. The summed E-state index contributed by atoms with van der Waals surface area (Å²) in [7, 11) is 0. The molecule has 0 spiro atoms. The minimum Gasteiger partial charge on any atom is -0.494 e. The number of amides is 1. The first-order chi connectivity index (χ1) is 12.1. The predicted molar refractivity (Wildman–Crippen MR) is 97.6 cm³/mol. The van der Waals surface area contributed by atoms with E-state index in [0.29, 0.717) is 30.2 Å². The number of anilines is 1. The number of nitriles is 1. The summed E-state index contributed by atoms with van der Waals surface area (Å²) in [5, 5.41) is 12.3. The Kier molecular flexibility index (Phi) is 7.27. The number of carbonyl (C=O) groups excluding carboxylic acids is 1. The van der Waals surface area contributed by atoms with Crippen molar-refractivity contribution in [1.82, 2.24) is 0 Å². The van der Waals surface area contributed by atoms with Gasteiger partial charge in [-0.05, 0) is 56.7 Å². The van der Waals surface area contributed by atoms with Gasteiger partial charge in [-0.3, -0.25) is 4.79 Å². The topological polar surface area (TPSA) is 71.3 Å². The summed E-state index contributed by atoms with van der Waals surface area (Å²) in [5.41, 5.74) is 0.173.